The third kappa shape index (κ3) is 4.44. The number of hydrogen-bond acceptors (Lipinski definition) is 5. The third-order valence-electron chi connectivity index (χ3n) is 4.40. The van der Waals surface area contributed by atoms with Gasteiger partial charge in [0.05, 0.1) is 6.54 Å². The molecule has 0 atom stereocenters. The molecule has 0 saturated heterocycles. The summed E-state index contributed by atoms with van der Waals surface area (Å²) in [5.41, 5.74) is 2.30. The van der Waals surface area contributed by atoms with E-state index in [1.54, 1.807) is 12.4 Å². The maximum absolute atomic E-state index is 9.47. The van der Waals surface area contributed by atoms with Gasteiger partial charge in [-0.2, -0.15) is 72.6 Å². The summed E-state index contributed by atoms with van der Waals surface area (Å²) in [5, 5.41) is 9.47. The van der Waals surface area contributed by atoms with Crippen molar-refractivity contribution in [1.82, 2.24) is 9.80 Å². The van der Waals surface area contributed by atoms with Crippen molar-refractivity contribution >= 4 is 11.4 Å². The molecule has 0 N–H and O–H groups in total. The first-order valence-corrected chi connectivity index (χ1v) is 8.73. The van der Waals surface area contributed by atoms with Crippen LogP contribution in [-0.2, 0) is 20.4 Å². The van der Waals surface area contributed by atoms with Gasteiger partial charge in [0.25, 0.3) is 0 Å². The Kier molecular flexibility index (Phi) is 6.58. The molecule has 4 rings (SSSR count). The van der Waals surface area contributed by atoms with Crippen molar-refractivity contribution in [1.29, 1.82) is 5.26 Å². The molecule has 0 saturated carbocycles. The fourth-order valence-electron chi connectivity index (χ4n) is 3.00. The molecule has 0 spiro atoms. The van der Waals surface area contributed by atoms with Gasteiger partial charge in [-0.25, -0.2) is 0 Å². The summed E-state index contributed by atoms with van der Waals surface area (Å²) < 4.78 is 0. The number of nitrogens with zero attached hydrogens (tertiary/aromatic N) is 6. The average molecular weight is 471 g/mol. The summed E-state index contributed by atoms with van der Waals surface area (Å²) in [5.74, 6) is 0.534. The Labute approximate surface area is 185 Å². The maximum atomic E-state index is 9.47. The number of benzene rings is 2. The van der Waals surface area contributed by atoms with E-state index in [2.05, 4.69) is 23.0 Å². The Bertz CT molecular complexity index is 892. The predicted octanol–water partition coefficient (Wildman–Crippen LogP) is 3.55. The monoisotopic (exact) mass is 470 g/mol. The van der Waals surface area contributed by atoms with Crippen molar-refractivity contribution in [2.45, 2.75) is 0 Å². The van der Waals surface area contributed by atoms with Gasteiger partial charge >= 0.3 is 0 Å². The van der Waals surface area contributed by atoms with E-state index in [1.807, 2.05) is 81.5 Å². The van der Waals surface area contributed by atoms with Crippen LogP contribution >= 0.6 is 0 Å². The van der Waals surface area contributed by atoms with Crippen LogP contribution in [-0.4, -0.2) is 22.9 Å². The largest absolute Gasteiger partial charge is 0.499 e. The van der Waals surface area contributed by atoms with Gasteiger partial charge in [-0.15, -0.1) is 11.4 Å². The molecule has 0 radical (unpaired) electrons. The SMILES string of the molecule is [C-]#[N+]C1=CN(c2[c-]cccc2)[CH-]N1CCN1[CH-]N(c2[c-]cccc2)C=C1C#N.[Pd]. The maximum Gasteiger partial charge on any atom is 0.211 e. The molecule has 2 aliphatic heterocycles. The van der Waals surface area contributed by atoms with E-state index in [0.29, 0.717) is 24.6 Å². The van der Waals surface area contributed by atoms with Crippen LogP contribution in [0.25, 0.3) is 4.85 Å². The zero-order valence-corrected chi connectivity index (χ0v) is 16.9. The van der Waals surface area contributed by atoms with Gasteiger partial charge in [0.15, 0.2) is 0 Å². The smallest absolute Gasteiger partial charge is 0.211 e. The number of allylic oxidation sites excluding steroid dienone is 1. The van der Waals surface area contributed by atoms with Crippen LogP contribution < -0.4 is 9.80 Å². The first-order valence-electron chi connectivity index (χ1n) is 8.73. The number of nitriles is 1. The summed E-state index contributed by atoms with van der Waals surface area (Å²) >= 11 is 0. The van der Waals surface area contributed by atoms with Gasteiger partial charge in [0, 0.05) is 33.2 Å². The Hall–Kier alpha value is -3.24. The van der Waals surface area contributed by atoms with Crippen molar-refractivity contribution in [3.8, 4) is 6.07 Å². The van der Waals surface area contributed by atoms with Crippen LogP contribution in [0.2, 0.25) is 0 Å². The molecule has 0 aromatic heterocycles. The van der Waals surface area contributed by atoms with Gasteiger partial charge in [-0.05, 0) is 6.20 Å². The minimum atomic E-state index is 0. The van der Waals surface area contributed by atoms with E-state index in [-0.39, 0.29) is 20.4 Å². The second-order valence-corrected chi connectivity index (χ2v) is 6.15. The van der Waals surface area contributed by atoms with Crippen LogP contribution in [0.15, 0.2) is 72.4 Å². The van der Waals surface area contributed by atoms with Gasteiger partial charge in [0.1, 0.15) is 11.8 Å². The van der Waals surface area contributed by atoms with E-state index in [9.17, 15) is 5.26 Å². The second-order valence-electron chi connectivity index (χ2n) is 6.15. The van der Waals surface area contributed by atoms with Crippen LogP contribution in [0.1, 0.15) is 0 Å². The van der Waals surface area contributed by atoms with Crippen molar-refractivity contribution in [3.63, 3.8) is 0 Å². The topological polar surface area (TPSA) is 41.1 Å². The molecule has 29 heavy (non-hydrogen) atoms. The first kappa shape index (κ1) is 20.5. The third-order valence-corrected chi connectivity index (χ3v) is 4.40. The quantitative estimate of drug-likeness (QED) is 0.494. The Morgan fingerprint density at radius 1 is 0.931 bits per heavy atom. The molecule has 2 aliphatic rings. The number of rotatable bonds is 5. The van der Waals surface area contributed by atoms with E-state index in [4.69, 9.17) is 6.57 Å². The average Bonchev–Trinajstić information content (AvgIpc) is 3.37. The van der Waals surface area contributed by atoms with Crippen molar-refractivity contribution in [3.05, 3.63) is 109 Å². The standard InChI is InChI=1S/C22H16N6.Pd/c1-24-22-16-28(20-10-6-3-7-11-20)18-26(22)13-12-25-17-27(15-21(25)14-23)19-8-4-2-5-9-19;/h2-8,10,15-18H,12-13H2;/q-4;. The van der Waals surface area contributed by atoms with E-state index in [1.165, 1.54) is 0 Å². The molecular formula is C22H16N6Pd-4. The fourth-order valence-corrected chi connectivity index (χ4v) is 3.00. The normalized spacial score (nSPS) is 15.4. The minimum absolute atomic E-state index is 0. The molecule has 0 unspecified atom stereocenters. The van der Waals surface area contributed by atoms with E-state index in [0.717, 1.165) is 11.4 Å². The van der Waals surface area contributed by atoms with Crippen molar-refractivity contribution < 1.29 is 20.4 Å². The molecule has 0 aliphatic carbocycles. The molecule has 2 aromatic rings. The first-order chi connectivity index (χ1) is 13.8. The molecule has 148 valence electrons. The number of hydrogen-bond donors (Lipinski definition) is 0. The van der Waals surface area contributed by atoms with Gasteiger partial charge in [-0.3, -0.25) is 0 Å². The molecule has 0 amide bonds. The second kappa shape index (κ2) is 9.31. The fraction of sp³-hybridized carbons (Fsp3) is 0.0909. The van der Waals surface area contributed by atoms with Crippen LogP contribution in [0.3, 0.4) is 0 Å². The molecule has 2 aromatic carbocycles. The Morgan fingerprint density at radius 3 is 2.07 bits per heavy atom. The van der Waals surface area contributed by atoms with Crippen molar-refractivity contribution in [2.24, 2.45) is 0 Å². The molecule has 7 heteroatoms. The summed E-state index contributed by atoms with van der Waals surface area (Å²) in [6.07, 6.45) is 3.58. The zero-order valence-electron chi connectivity index (χ0n) is 15.3. The van der Waals surface area contributed by atoms with Gasteiger partial charge in [0.2, 0.25) is 5.82 Å². The van der Waals surface area contributed by atoms with Crippen LogP contribution in [0.5, 0.6) is 0 Å². The summed E-state index contributed by atoms with van der Waals surface area (Å²) in [6, 6.07) is 23.8. The zero-order chi connectivity index (χ0) is 19.3. The summed E-state index contributed by atoms with van der Waals surface area (Å²) in [4.78, 5) is 11.1. The van der Waals surface area contributed by atoms with E-state index < -0.39 is 0 Å². The summed E-state index contributed by atoms with van der Waals surface area (Å²) in [7, 11) is 0. The molecular weight excluding hydrogens is 455 g/mol. The van der Waals surface area contributed by atoms with Gasteiger partial charge < -0.3 is 24.4 Å². The number of anilines is 2. The van der Waals surface area contributed by atoms with Crippen LogP contribution in [0.4, 0.5) is 11.4 Å². The Morgan fingerprint density at radius 2 is 1.52 bits per heavy atom. The van der Waals surface area contributed by atoms with E-state index >= 15 is 0 Å². The molecule has 0 fully saturated rings. The molecule has 0 bridgehead atoms. The van der Waals surface area contributed by atoms with Crippen molar-refractivity contribution in [2.75, 3.05) is 22.9 Å². The summed E-state index contributed by atoms with van der Waals surface area (Å²) in [6.45, 7) is 12.4. The Balaban J connectivity index is 0.00000240. The molecule has 2 heterocycles. The van der Waals surface area contributed by atoms with Gasteiger partial charge in [-0.1, -0.05) is 13.2 Å². The molecule has 6 nitrogen and oxygen atoms in total. The number of para-hydroxylation sites is 2. The minimum Gasteiger partial charge on any atom is -0.499 e. The predicted molar refractivity (Wildman–Crippen MR) is 106 cm³/mol. The van der Waals surface area contributed by atoms with Crippen LogP contribution in [0, 0.1) is 43.4 Å².